The summed E-state index contributed by atoms with van der Waals surface area (Å²) in [6, 6.07) is 22.2. The summed E-state index contributed by atoms with van der Waals surface area (Å²) in [7, 11) is 1.64. The SMILES string of the molecule is COc1cccc(NC(N)=NCc2ccc3ccccc3c2)c1. The molecule has 4 heteroatoms. The molecule has 0 radical (unpaired) electrons. The highest BCUT2D eigenvalue weighted by atomic mass is 16.5. The van der Waals surface area contributed by atoms with Gasteiger partial charge in [-0.3, -0.25) is 0 Å². The third-order valence-corrected chi connectivity index (χ3v) is 3.59. The van der Waals surface area contributed by atoms with Gasteiger partial charge in [-0.15, -0.1) is 0 Å². The fraction of sp³-hybridized carbons (Fsp3) is 0.105. The predicted molar refractivity (Wildman–Crippen MR) is 95.9 cm³/mol. The van der Waals surface area contributed by atoms with Gasteiger partial charge in [0.05, 0.1) is 13.7 Å². The topological polar surface area (TPSA) is 59.6 Å². The standard InChI is InChI=1S/C19H19N3O/c1-23-18-8-4-7-17(12-18)22-19(20)21-13-14-9-10-15-5-2-3-6-16(15)11-14/h2-12H,13H2,1H3,(H3,20,21,22). The van der Waals surface area contributed by atoms with E-state index in [1.165, 1.54) is 10.8 Å². The van der Waals surface area contributed by atoms with Gasteiger partial charge in [0.2, 0.25) is 0 Å². The molecule has 0 saturated heterocycles. The normalized spacial score (nSPS) is 11.4. The molecular weight excluding hydrogens is 286 g/mol. The van der Waals surface area contributed by atoms with Crippen LogP contribution in [0.25, 0.3) is 10.8 Å². The van der Waals surface area contributed by atoms with Crippen LogP contribution in [-0.2, 0) is 6.54 Å². The maximum absolute atomic E-state index is 5.96. The van der Waals surface area contributed by atoms with Gasteiger partial charge in [-0.05, 0) is 34.5 Å². The molecule has 0 aliphatic carbocycles. The number of rotatable bonds is 4. The van der Waals surface area contributed by atoms with Crippen molar-refractivity contribution in [1.29, 1.82) is 0 Å². The van der Waals surface area contributed by atoms with Crippen LogP contribution < -0.4 is 15.8 Å². The van der Waals surface area contributed by atoms with Gasteiger partial charge in [-0.1, -0.05) is 42.5 Å². The lowest BCUT2D eigenvalue weighted by molar-refractivity contribution is 0.415. The van der Waals surface area contributed by atoms with Gasteiger partial charge < -0.3 is 15.8 Å². The Morgan fingerprint density at radius 3 is 2.65 bits per heavy atom. The van der Waals surface area contributed by atoms with E-state index in [9.17, 15) is 0 Å². The number of nitrogens with one attached hydrogen (secondary N) is 1. The lowest BCUT2D eigenvalue weighted by Crippen LogP contribution is -2.22. The lowest BCUT2D eigenvalue weighted by Gasteiger charge is -2.07. The number of anilines is 1. The molecule has 0 unspecified atom stereocenters. The first-order valence-electron chi connectivity index (χ1n) is 7.43. The van der Waals surface area contributed by atoms with Crippen LogP contribution >= 0.6 is 0 Å². The summed E-state index contributed by atoms with van der Waals surface area (Å²) in [6.45, 7) is 0.535. The summed E-state index contributed by atoms with van der Waals surface area (Å²) in [4.78, 5) is 4.39. The Morgan fingerprint density at radius 1 is 1.00 bits per heavy atom. The van der Waals surface area contributed by atoms with Gasteiger partial charge in [0.25, 0.3) is 0 Å². The van der Waals surface area contributed by atoms with Crippen LogP contribution in [0.5, 0.6) is 5.75 Å². The third-order valence-electron chi connectivity index (χ3n) is 3.59. The van der Waals surface area contributed by atoms with E-state index in [2.05, 4.69) is 40.6 Å². The van der Waals surface area contributed by atoms with Gasteiger partial charge in [0.15, 0.2) is 5.96 Å². The molecule has 0 spiro atoms. The Hall–Kier alpha value is -3.01. The second-order valence-electron chi connectivity index (χ2n) is 5.24. The van der Waals surface area contributed by atoms with E-state index < -0.39 is 0 Å². The van der Waals surface area contributed by atoms with Gasteiger partial charge in [-0.2, -0.15) is 0 Å². The van der Waals surface area contributed by atoms with E-state index in [1.807, 2.05) is 36.4 Å². The first-order valence-corrected chi connectivity index (χ1v) is 7.43. The maximum atomic E-state index is 5.96. The van der Waals surface area contributed by atoms with Crippen LogP contribution in [0.15, 0.2) is 71.7 Å². The van der Waals surface area contributed by atoms with Crippen molar-refractivity contribution in [2.45, 2.75) is 6.54 Å². The molecule has 3 rings (SSSR count). The highest BCUT2D eigenvalue weighted by Crippen LogP contribution is 2.17. The minimum absolute atomic E-state index is 0.381. The maximum Gasteiger partial charge on any atom is 0.193 e. The molecule has 0 aliphatic rings. The molecule has 3 aromatic carbocycles. The number of hydrogen-bond donors (Lipinski definition) is 2. The number of ether oxygens (including phenoxy) is 1. The number of fused-ring (bicyclic) bond motifs is 1. The molecule has 0 amide bonds. The van der Waals surface area contributed by atoms with Crippen molar-refractivity contribution in [1.82, 2.24) is 0 Å². The van der Waals surface area contributed by atoms with E-state index in [0.717, 1.165) is 17.0 Å². The lowest BCUT2D eigenvalue weighted by atomic mass is 10.1. The summed E-state index contributed by atoms with van der Waals surface area (Å²) < 4.78 is 5.19. The van der Waals surface area contributed by atoms with Crippen molar-refractivity contribution in [2.75, 3.05) is 12.4 Å². The van der Waals surface area contributed by atoms with Gasteiger partial charge in [0.1, 0.15) is 5.75 Å². The van der Waals surface area contributed by atoms with Crippen LogP contribution in [-0.4, -0.2) is 13.1 Å². The minimum atomic E-state index is 0.381. The Morgan fingerprint density at radius 2 is 1.83 bits per heavy atom. The highest BCUT2D eigenvalue weighted by molar-refractivity contribution is 5.92. The second kappa shape index (κ2) is 6.83. The van der Waals surface area contributed by atoms with Crippen molar-refractivity contribution in [3.05, 3.63) is 72.3 Å². The Bertz CT molecular complexity index is 843. The van der Waals surface area contributed by atoms with E-state index in [4.69, 9.17) is 10.5 Å². The Balaban J connectivity index is 1.70. The molecule has 23 heavy (non-hydrogen) atoms. The quantitative estimate of drug-likeness (QED) is 0.570. The summed E-state index contributed by atoms with van der Waals surface area (Å²) in [5, 5.41) is 5.50. The van der Waals surface area contributed by atoms with E-state index in [-0.39, 0.29) is 0 Å². The Labute approximate surface area is 135 Å². The van der Waals surface area contributed by atoms with Crippen LogP contribution in [0.2, 0.25) is 0 Å². The molecule has 3 N–H and O–H groups in total. The van der Waals surface area contributed by atoms with E-state index >= 15 is 0 Å². The molecule has 3 aromatic rings. The van der Waals surface area contributed by atoms with E-state index in [0.29, 0.717) is 12.5 Å². The molecule has 0 fully saturated rings. The van der Waals surface area contributed by atoms with E-state index in [1.54, 1.807) is 7.11 Å². The molecule has 0 aliphatic heterocycles. The van der Waals surface area contributed by atoms with Gasteiger partial charge in [0, 0.05) is 11.8 Å². The number of methoxy groups -OCH3 is 1. The number of nitrogens with zero attached hydrogens (tertiary/aromatic N) is 1. The predicted octanol–water partition coefficient (Wildman–Crippen LogP) is 3.78. The summed E-state index contributed by atoms with van der Waals surface area (Å²) in [5.74, 6) is 1.16. The molecule has 0 atom stereocenters. The van der Waals surface area contributed by atoms with Gasteiger partial charge in [-0.25, -0.2) is 4.99 Å². The number of benzene rings is 3. The highest BCUT2D eigenvalue weighted by Gasteiger charge is 1.99. The minimum Gasteiger partial charge on any atom is -0.497 e. The van der Waals surface area contributed by atoms with Crippen molar-refractivity contribution in [2.24, 2.45) is 10.7 Å². The third kappa shape index (κ3) is 3.80. The summed E-state index contributed by atoms with van der Waals surface area (Å²) >= 11 is 0. The number of nitrogens with two attached hydrogens (primary N) is 1. The van der Waals surface area contributed by atoms with Crippen molar-refractivity contribution in [3.63, 3.8) is 0 Å². The summed E-state index contributed by atoms with van der Waals surface area (Å²) in [5.41, 5.74) is 7.93. The number of guanidine groups is 1. The zero-order valence-corrected chi connectivity index (χ0v) is 13.0. The first kappa shape index (κ1) is 14.9. The van der Waals surface area contributed by atoms with Crippen LogP contribution in [0.3, 0.4) is 0 Å². The fourth-order valence-electron chi connectivity index (χ4n) is 2.40. The molecule has 0 bridgehead atoms. The summed E-state index contributed by atoms with van der Waals surface area (Å²) in [6.07, 6.45) is 0. The average Bonchev–Trinajstić information content (AvgIpc) is 2.60. The smallest absolute Gasteiger partial charge is 0.193 e. The van der Waals surface area contributed by atoms with Crippen LogP contribution in [0.4, 0.5) is 5.69 Å². The largest absolute Gasteiger partial charge is 0.497 e. The molecule has 4 nitrogen and oxygen atoms in total. The second-order valence-corrected chi connectivity index (χ2v) is 5.24. The van der Waals surface area contributed by atoms with Crippen LogP contribution in [0.1, 0.15) is 5.56 Å². The zero-order chi connectivity index (χ0) is 16.1. The first-order chi connectivity index (χ1) is 11.2. The molecular formula is C19H19N3O. The van der Waals surface area contributed by atoms with Crippen molar-refractivity contribution < 1.29 is 4.74 Å². The number of aliphatic imine (C=N–C) groups is 1. The molecule has 0 aromatic heterocycles. The molecule has 0 saturated carbocycles. The van der Waals surface area contributed by atoms with Crippen molar-refractivity contribution >= 4 is 22.4 Å². The number of hydrogen-bond acceptors (Lipinski definition) is 2. The zero-order valence-electron chi connectivity index (χ0n) is 13.0. The van der Waals surface area contributed by atoms with Gasteiger partial charge >= 0.3 is 0 Å². The van der Waals surface area contributed by atoms with Crippen LogP contribution in [0, 0.1) is 0 Å². The van der Waals surface area contributed by atoms with Crippen molar-refractivity contribution in [3.8, 4) is 5.75 Å². The fourth-order valence-corrected chi connectivity index (χ4v) is 2.40. The Kier molecular flexibility index (Phi) is 4.43. The monoisotopic (exact) mass is 305 g/mol. The molecule has 0 heterocycles. The average molecular weight is 305 g/mol. The molecule has 116 valence electrons.